The van der Waals surface area contributed by atoms with Gasteiger partial charge in [-0.25, -0.2) is 4.98 Å². The van der Waals surface area contributed by atoms with Crippen LogP contribution in [0.1, 0.15) is 43.8 Å². The zero-order chi connectivity index (χ0) is 22.6. The number of hydrogen-bond acceptors (Lipinski definition) is 7. The van der Waals surface area contributed by atoms with Gasteiger partial charge in [0.05, 0.1) is 6.61 Å². The molecular formula is C24H24N6O3. The molecule has 2 aromatic carbocycles. The van der Waals surface area contributed by atoms with Crippen LogP contribution in [0.5, 0.6) is 5.75 Å². The highest BCUT2D eigenvalue weighted by molar-refractivity contribution is 5.91. The number of nitrogens with one attached hydrogen (secondary N) is 2. The molecule has 0 bridgehead atoms. The molecule has 2 N–H and O–H groups in total. The van der Waals surface area contributed by atoms with Gasteiger partial charge in [-0.2, -0.15) is 10.1 Å². The van der Waals surface area contributed by atoms with Crippen molar-refractivity contribution in [2.24, 2.45) is 0 Å². The van der Waals surface area contributed by atoms with Gasteiger partial charge in [0.2, 0.25) is 17.6 Å². The topological polar surface area (TPSA) is 119 Å². The number of carbonyl (C=O) groups is 1. The third-order valence-corrected chi connectivity index (χ3v) is 5.33. The van der Waals surface area contributed by atoms with Gasteiger partial charge in [0.1, 0.15) is 11.6 Å². The van der Waals surface area contributed by atoms with Crippen molar-refractivity contribution in [3.05, 3.63) is 60.2 Å². The normalized spacial score (nSPS) is 13.1. The Labute approximate surface area is 190 Å². The summed E-state index contributed by atoms with van der Waals surface area (Å²) in [6.45, 7) is 2.55. The van der Waals surface area contributed by atoms with Crippen molar-refractivity contribution in [1.82, 2.24) is 25.3 Å². The summed E-state index contributed by atoms with van der Waals surface area (Å²) < 4.78 is 10.8. The van der Waals surface area contributed by atoms with Crippen LogP contribution in [0.15, 0.2) is 53.1 Å². The van der Waals surface area contributed by atoms with Crippen LogP contribution < -0.4 is 10.1 Å². The van der Waals surface area contributed by atoms with Crippen molar-refractivity contribution >= 4 is 11.6 Å². The number of rotatable bonds is 9. The number of H-pyrrole nitrogens is 1. The van der Waals surface area contributed by atoms with Crippen molar-refractivity contribution in [2.75, 3.05) is 11.9 Å². The lowest BCUT2D eigenvalue weighted by Gasteiger charge is -2.05. The predicted octanol–water partition coefficient (Wildman–Crippen LogP) is 4.37. The maximum atomic E-state index is 12.5. The number of benzene rings is 2. The first kappa shape index (κ1) is 20.9. The van der Waals surface area contributed by atoms with Gasteiger partial charge >= 0.3 is 0 Å². The molecule has 5 rings (SSSR count). The summed E-state index contributed by atoms with van der Waals surface area (Å²) >= 11 is 0. The summed E-state index contributed by atoms with van der Waals surface area (Å²) in [5, 5.41) is 14.2. The van der Waals surface area contributed by atoms with Gasteiger partial charge in [-0.15, -0.1) is 0 Å². The third kappa shape index (κ3) is 5.08. The van der Waals surface area contributed by atoms with Crippen LogP contribution in [0.3, 0.4) is 0 Å². The highest BCUT2D eigenvalue weighted by Gasteiger charge is 2.27. The van der Waals surface area contributed by atoms with Crippen LogP contribution in [0.4, 0.5) is 5.69 Å². The summed E-state index contributed by atoms with van der Waals surface area (Å²) in [6, 6.07) is 15.0. The van der Waals surface area contributed by atoms with E-state index in [2.05, 4.69) is 30.6 Å². The molecule has 4 aromatic rings. The molecule has 0 spiro atoms. The second-order valence-corrected chi connectivity index (χ2v) is 7.92. The molecule has 1 saturated carbocycles. The first-order chi connectivity index (χ1) is 16.2. The summed E-state index contributed by atoms with van der Waals surface area (Å²) in [6.07, 6.45) is 2.89. The molecule has 0 saturated heterocycles. The van der Waals surface area contributed by atoms with Gasteiger partial charge in [0.15, 0.2) is 5.82 Å². The van der Waals surface area contributed by atoms with E-state index in [1.165, 1.54) is 0 Å². The van der Waals surface area contributed by atoms with Crippen LogP contribution in [-0.4, -0.2) is 37.8 Å². The Morgan fingerprint density at radius 1 is 1.12 bits per heavy atom. The molecule has 1 fully saturated rings. The van der Waals surface area contributed by atoms with E-state index in [4.69, 9.17) is 9.26 Å². The molecule has 2 aromatic heterocycles. The van der Waals surface area contributed by atoms with Crippen molar-refractivity contribution < 1.29 is 14.1 Å². The molecule has 2 heterocycles. The molecule has 9 heteroatoms. The second kappa shape index (κ2) is 9.23. The van der Waals surface area contributed by atoms with Crippen molar-refractivity contribution in [3.8, 4) is 28.5 Å². The minimum absolute atomic E-state index is 0.137. The Hall–Kier alpha value is -4.01. The number of carbonyl (C=O) groups excluding carboxylic acids is 1. The van der Waals surface area contributed by atoms with E-state index in [9.17, 15) is 4.79 Å². The van der Waals surface area contributed by atoms with Crippen LogP contribution in [0.25, 0.3) is 22.8 Å². The Morgan fingerprint density at radius 2 is 1.97 bits per heavy atom. The molecule has 0 aliphatic heterocycles. The predicted molar refractivity (Wildman–Crippen MR) is 122 cm³/mol. The molecular weight excluding hydrogens is 420 g/mol. The fourth-order valence-corrected chi connectivity index (χ4v) is 3.46. The number of aromatic nitrogens is 5. The first-order valence-electron chi connectivity index (χ1n) is 11.1. The van der Waals surface area contributed by atoms with Crippen molar-refractivity contribution in [3.63, 3.8) is 0 Å². The van der Waals surface area contributed by atoms with Gasteiger partial charge in [-0.1, -0.05) is 17.3 Å². The quantitative estimate of drug-likeness (QED) is 0.393. The molecule has 0 radical (unpaired) electrons. The monoisotopic (exact) mass is 444 g/mol. The lowest BCUT2D eigenvalue weighted by molar-refractivity contribution is -0.116. The van der Waals surface area contributed by atoms with E-state index in [-0.39, 0.29) is 12.3 Å². The number of hydrogen-bond donors (Lipinski definition) is 2. The van der Waals surface area contributed by atoms with Gasteiger partial charge in [0.25, 0.3) is 0 Å². The fourth-order valence-electron chi connectivity index (χ4n) is 3.46. The van der Waals surface area contributed by atoms with Crippen LogP contribution in [0.2, 0.25) is 0 Å². The summed E-state index contributed by atoms with van der Waals surface area (Å²) in [4.78, 5) is 21.4. The minimum atomic E-state index is -0.137. The summed E-state index contributed by atoms with van der Waals surface area (Å²) in [5.74, 6) is 3.63. The number of anilines is 1. The average molecular weight is 444 g/mol. The number of nitrogens with zero attached hydrogens (tertiary/aromatic N) is 4. The smallest absolute Gasteiger partial charge is 0.227 e. The average Bonchev–Trinajstić information content (AvgIpc) is 3.37. The largest absolute Gasteiger partial charge is 0.494 e. The summed E-state index contributed by atoms with van der Waals surface area (Å²) in [5.41, 5.74) is 2.37. The van der Waals surface area contributed by atoms with Crippen LogP contribution in [0, 0.1) is 0 Å². The Balaban J connectivity index is 1.16. The Kier molecular flexibility index (Phi) is 5.84. The fraction of sp³-hybridized carbons (Fsp3) is 0.292. The molecule has 0 unspecified atom stereocenters. The standard InChI is InChI=1S/C24H24N6O3/c1-2-32-19-10-8-16(9-11-19)24-26-21(33-30-24)13-12-20(31)25-18-5-3-4-17(14-18)23-27-22(28-29-23)15-6-7-15/h3-5,8-11,14-15H,2,6-7,12-13H2,1H3,(H,25,31)(H,27,28,29). The maximum absolute atomic E-state index is 12.5. The molecule has 9 nitrogen and oxygen atoms in total. The lowest BCUT2D eigenvalue weighted by Crippen LogP contribution is -2.12. The molecule has 33 heavy (non-hydrogen) atoms. The third-order valence-electron chi connectivity index (χ3n) is 5.33. The number of amides is 1. The molecule has 1 aliphatic carbocycles. The van der Waals surface area contributed by atoms with Crippen molar-refractivity contribution in [1.29, 1.82) is 0 Å². The van der Waals surface area contributed by atoms with E-state index in [0.29, 0.717) is 42.2 Å². The molecule has 1 aliphatic rings. The van der Waals surface area contributed by atoms with E-state index in [1.54, 1.807) is 0 Å². The highest BCUT2D eigenvalue weighted by atomic mass is 16.5. The van der Waals surface area contributed by atoms with Crippen molar-refractivity contribution in [2.45, 2.75) is 38.5 Å². The molecule has 168 valence electrons. The SMILES string of the molecule is CCOc1ccc(-c2noc(CCC(=O)Nc3cccc(-c4n[nH]c(C5CC5)n4)c3)n2)cc1. The summed E-state index contributed by atoms with van der Waals surface area (Å²) in [7, 11) is 0. The first-order valence-corrected chi connectivity index (χ1v) is 11.1. The van der Waals surface area contributed by atoms with Crippen LogP contribution in [-0.2, 0) is 11.2 Å². The minimum Gasteiger partial charge on any atom is -0.494 e. The Bertz CT molecular complexity index is 1240. The van der Waals surface area contributed by atoms with E-state index in [1.807, 2.05) is 55.5 Å². The second-order valence-electron chi connectivity index (χ2n) is 7.92. The number of aryl methyl sites for hydroxylation is 1. The van der Waals surface area contributed by atoms with Gasteiger partial charge in [-0.3, -0.25) is 9.89 Å². The van der Waals surface area contributed by atoms with Gasteiger partial charge in [-0.05, 0) is 56.2 Å². The maximum Gasteiger partial charge on any atom is 0.227 e. The van der Waals surface area contributed by atoms with Gasteiger partial charge in [0, 0.05) is 35.6 Å². The zero-order valence-corrected chi connectivity index (χ0v) is 18.2. The van der Waals surface area contributed by atoms with E-state index >= 15 is 0 Å². The molecule has 1 amide bonds. The number of aromatic amines is 1. The Morgan fingerprint density at radius 3 is 2.76 bits per heavy atom. The van der Waals surface area contributed by atoms with Crippen LogP contribution >= 0.6 is 0 Å². The molecule has 0 atom stereocenters. The highest BCUT2D eigenvalue weighted by Crippen LogP contribution is 2.38. The van der Waals surface area contributed by atoms with Gasteiger partial charge < -0.3 is 14.6 Å². The zero-order valence-electron chi connectivity index (χ0n) is 18.2. The number of ether oxygens (including phenoxy) is 1. The lowest BCUT2D eigenvalue weighted by atomic mass is 10.2. The van der Waals surface area contributed by atoms with E-state index in [0.717, 1.165) is 35.5 Å². The van der Waals surface area contributed by atoms with E-state index < -0.39 is 0 Å².